The van der Waals surface area contributed by atoms with Crippen molar-refractivity contribution < 1.29 is 9.59 Å². The van der Waals surface area contributed by atoms with E-state index in [9.17, 15) is 9.59 Å². The first-order valence-corrected chi connectivity index (χ1v) is 10.8. The van der Waals surface area contributed by atoms with Crippen LogP contribution in [0.2, 0.25) is 0 Å². The van der Waals surface area contributed by atoms with Gasteiger partial charge in [0.2, 0.25) is 0 Å². The first-order valence-electron chi connectivity index (χ1n) is 10.8. The van der Waals surface area contributed by atoms with Gasteiger partial charge >= 0.3 is 0 Å². The average Bonchev–Trinajstić information content (AvgIpc) is 2.76. The molecule has 1 aromatic carbocycles. The predicted molar refractivity (Wildman–Crippen MR) is 120 cm³/mol. The van der Waals surface area contributed by atoms with Crippen molar-refractivity contribution in [1.82, 2.24) is 15.2 Å². The van der Waals surface area contributed by atoms with Crippen LogP contribution in [0.1, 0.15) is 54.3 Å². The van der Waals surface area contributed by atoms with E-state index >= 15 is 0 Å². The summed E-state index contributed by atoms with van der Waals surface area (Å²) in [6.45, 7) is 9.60. The molecular formula is C24H32N4O2. The summed E-state index contributed by atoms with van der Waals surface area (Å²) >= 11 is 0. The Labute approximate surface area is 179 Å². The first kappa shape index (κ1) is 22.0. The van der Waals surface area contributed by atoms with Gasteiger partial charge in [-0.15, -0.1) is 0 Å². The number of nitrogens with zero attached hydrogens (tertiary/aromatic N) is 2. The van der Waals surface area contributed by atoms with Crippen molar-refractivity contribution in [3.8, 4) is 0 Å². The van der Waals surface area contributed by atoms with Gasteiger partial charge in [-0.1, -0.05) is 20.8 Å². The van der Waals surface area contributed by atoms with Gasteiger partial charge in [0, 0.05) is 41.8 Å². The highest BCUT2D eigenvalue weighted by Crippen LogP contribution is 2.21. The number of nitrogens with one attached hydrogen (secondary N) is 2. The molecule has 6 heteroatoms. The molecule has 1 saturated heterocycles. The van der Waals surface area contributed by atoms with Crippen molar-refractivity contribution >= 4 is 17.5 Å². The summed E-state index contributed by atoms with van der Waals surface area (Å²) in [6, 6.07) is 10.6. The second kappa shape index (κ2) is 10.3. The average molecular weight is 409 g/mol. The number of aromatic nitrogens is 1. The quantitative estimate of drug-likeness (QED) is 0.730. The molecule has 2 heterocycles. The molecular weight excluding hydrogens is 376 g/mol. The normalized spacial score (nSPS) is 16.3. The van der Waals surface area contributed by atoms with E-state index in [2.05, 4.69) is 41.3 Å². The fourth-order valence-corrected chi connectivity index (χ4v) is 3.86. The molecule has 1 aromatic heterocycles. The molecule has 0 bridgehead atoms. The molecule has 0 saturated carbocycles. The van der Waals surface area contributed by atoms with Gasteiger partial charge in [0.1, 0.15) is 0 Å². The molecule has 1 unspecified atom stereocenters. The highest BCUT2D eigenvalue weighted by molar-refractivity contribution is 6.04. The third kappa shape index (κ3) is 5.89. The summed E-state index contributed by atoms with van der Waals surface area (Å²) in [7, 11) is 0. The van der Waals surface area contributed by atoms with E-state index in [-0.39, 0.29) is 11.8 Å². The van der Waals surface area contributed by atoms with Crippen LogP contribution in [-0.2, 0) is 0 Å². The highest BCUT2D eigenvalue weighted by Gasteiger charge is 2.26. The summed E-state index contributed by atoms with van der Waals surface area (Å²) in [6.07, 6.45) is 5.61. The van der Waals surface area contributed by atoms with Gasteiger partial charge < -0.3 is 10.6 Å². The number of pyridine rings is 1. The summed E-state index contributed by atoms with van der Waals surface area (Å²) < 4.78 is 0. The lowest BCUT2D eigenvalue weighted by Crippen LogP contribution is -2.49. The zero-order chi connectivity index (χ0) is 21.5. The van der Waals surface area contributed by atoms with Gasteiger partial charge in [0.05, 0.1) is 0 Å². The smallest absolute Gasteiger partial charge is 0.255 e. The maximum absolute atomic E-state index is 12.6. The number of rotatable bonds is 7. The van der Waals surface area contributed by atoms with E-state index in [1.807, 2.05) is 0 Å². The summed E-state index contributed by atoms with van der Waals surface area (Å²) in [5.74, 6) is 0.981. The number of carbonyl (C=O) groups excluding carboxylic acids is 2. The van der Waals surface area contributed by atoms with Crippen LogP contribution in [0.4, 0.5) is 5.69 Å². The van der Waals surface area contributed by atoms with Crippen LogP contribution < -0.4 is 10.6 Å². The molecule has 3 rings (SSSR count). The Balaban J connectivity index is 1.54. The minimum atomic E-state index is -0.203. The van der Waals surface area contributed by atoms with Gasteiger partial charge in [-0.25, -0.2) is 0 Å². The molecule has 2 aromatic rings. The molecule has 160 valence electrons. The lowest BCUT2D eigenvalue weighted by atomic mass is 9.94. The maximum atomic E-state index is 12.6. The third-order valence-corrected chi connectivity index (χ3v) is 5.88. The second-order valence-electron chi connectivity index (χ2n) is 8.51. The molecule has 0 spiro atoms. The summed E-state index contributed by atoms with van der Waals surface area (Å²) in [5, 5.41) is 5.93. The van der Waals surface area contributed by atoms with Gasteiger partial charge in [-0.2, -0.15) is 0 Å². The van der Waals surface area contributed by atoms with Gasteiger partial charge in [0.15, 0.2) is 0 Å². The van der Waals surface area contributed by atoms with Crippen molar-refractivity contribution in [1.29, 1.82) is 0 Å². The van der Waals surface area contributed by atoms with E-state index in [0.717, 1.165) is 19.0 Å². The Hall–Kier alpha value is -2.73. The van der Waals surface area contributed by atoms with Crippen molar-refractivity contribution in [3.05, 3.63) is 59.9 Å². The fraction of sp³-hybridized carbons (Fsp3) is 0.458. The number of likely N-dealkylation sites (tertiary alicyclic amines) is 1. The van der Waals surface area contributed by atoms with Crippen molar-refractivity contribution in [2.45, 2.75) is 39.7 Å². The summed E-state index contributed by atoms with van der Waals surface area (Å²) in [4.78, 5) is 31.3. The van der Waals surface area contributed by atoms with Gasteiger partial charge in [0.25, 0.3) is 11.8 Å². The number of carbonyl (C=O) groups is 2. The highest BCUT2D eigenvalue weighted by atomic mass is 16.2. The van der Waals surface area contributed by atoms with E-state index < -0.39 is 0 Å². The lowest BCUT2D eigenvalue weighted by Gasteiger charge is -2.38. The Kier molecular flexibility index (Phi) is 7.57. The molecule has 1 fully saturated rings. The van der Waals surface area contributed by atoms with Gasteiger partial charge in [-0.05, 0) is 74.2 Å². The molecule has 0 radical (unpaired) electrons. The Bertz CT molecular complexity index is 828. The molecule has 6 nitrogen and oxygen atoms in total. The molecule has 1 aliphatic heterocycles. The van der Waals surface area contributed by atoms with Crippen LogP contribution in [0.15, 0.2) is 48.8 Å². The number of amides is 2. The third-order valence-electron chi connectivity index (χ3n) is 5.88. The van der Waals surface area contributed by atoms with Crippen molar-refractivity contribution in [2.24, 2.45) is 11.8 Å². The molecule has 0 aliphatic carbocycles. The van der Waals surface area contributed by atoms with Crippen molar-refractivity contribution in [3.63, 3.8) is 0 Å². The van der Waals surface area contributed by atoms with Gasteiger partial charge in [-0.3, -0.25) is 19.5 Å². The monoisotopic (exact) mass is 408 g/mol. The van der Waals surface area contributed by atoms with Crippen LogP contribution in [0.5, 0.6) is 0 Å². The SMILES string of the molecule is CC1CCN(C(CNC(=O)c2ccc(NC(=O)c3ccncc3)cc2)C(C)C)CC1. The van der Waals surface area contributed by atoms with E-state index in [1.54, 1.807) is 48.8 Å². The largest absolute Gasteiger partial charge is 0.350 e. The summed E-state index contributed by atoms with van der Waals surface area (Å²) in [5.41, 5.74) is 1.78. The zero-order valence-corrected chi connectivity index (χ0v) is 18.1. The van der Waals surface area contributed by atoms with E-state index in [1.165, 1.54) is 12.8 Å². The molecule has 30 heavy (non-hydrogen) atoms. The minimum Gasteiger partial charge on any atom is -0.350 e. The number of piperidine rings is 1. The van der Waals surface area contributed by atoms with Crippen LogP contribution in [0.3, 0.4) is 0 Å². The lowest BCUT2D eigenvalue weighted by molar-refractivity contribution is 0.0863. The topological polar surface area (TPSA) is 74.3 Å². The molecule has 1 aliphatic rings. The van der Waals surface area contributed by atoms with Crippen molar-refractivity contribution in [2.75, 3.05) is 25.0 Å². The standard InChI is InChI=1S/C24H32N4O2/c1-17(2)22(28-14-10-18(3)11-15-28)16-26-23(29)19-4-6-21(7-5-19)27-24(30)20-8-12-25-13-9-20/h4-9,12-13,17-18,22H,10-11,14-16H2,1-3H3,(H,26,29)(H,27,30). The Morgan fingerprint density at radius 1 is 1.00 bits per heavy atom. The molecule has 2 amide bonds. The number of hydrogen-bond acceptors (Lipinski definition) is 4. The number of hydrogen-bond donors (Lipinski definition) is 2. The van der Waals surface area contributed by atoms with Crippen LogP contribution in [-0.4, -0.2) is 47.4 Å². The Morgan fingerprint density at radius 3 is 2.20 bits per heavy atom. The van der Waals surface area contributed by atoms with Crippen LogP contribution in [0.25, 0.3) is 0 Å². The maximum Gasteiger partial charge on any atom is 0.255 e. The fourth-order valence-electron chi connectivity index (χ4n) is 3.86. The number of anilines is 1. The Morgan fingerprint density at radius 2 is 1.60 bits per heavy atom. The predicted octanol–water partition coefficient (Wildman–Crippen LogP) is 3.82. The van der Waals surface area contributed by atoms with E-state index in [0.29, 0.717) is 35.3 Å². The molecule has 2 N–H and O–H groups in total. The minimum absolute atomic E-state index is 0.0852. The zero-order valence-electron chi connectivity index (χ0n) is 18.1. The van der Waals surface area contributed by atoms with Crippen LogP contribution in [0, 0.1) is 11.8 Å². The molecule has 1 atom stereocenters. The van der Waals surface area contributed by atoms with E-state index in [4.69, 9.17) is 0 Å². The van der Waals surface area contributed by atoms with Crippen LogP contribution >= 0.6 is 0 Å². The number of benzene rings is 1. The second-order valence-corrected chi connectivity index (χ2v) is 8.51. The first-order chi connectivity index (χ1) is 14.4.